The highest BCUT2D eigenvalue weighted by atomic mass is 16.5. The summed E-state index contributed by atoms with van der Waals surface area (Å²) < 4.78 is 6.01. The molecular formula is C18H23N3O2. The maximum atomic E-state index is 12.4. The fourth-order valence-electron chi connectivity index (χ4n) is 3.16. The first-order valence-electron chi connectivity index (χ1n) is 7.92. The third kappa shape index (κ3) is 3.46. The van der Waals surface area contributed by atoms with Gasteiger partial charge in [0.2, 0.25) is 0 Å². The number of carbonyl (C=O) groups is 1. The summed E-state index contributed by atoms with van der Waals surface area (Å²) in [4.78, 5) is 19.4. The topological polar surface area (TPSA) is 48.6 Å². The molecule has 1 aliphatic rings. The summed E-state index contributed by atoms with van der Waals surface area (Å²) in [5.74, 6) is -0.0151. The number of carbonyl (C=O) groups excluding carboxylic acids is 1. The van der Waals surface area contributed by atoms with E-state index in [9.17, 15) is 4.79 Å². The average Bonchev–Trinajstić information content (AvgIpc) is 3.09. The molecule has 23 heavy (non-hydrogen) atoms. The van der Waals surface area contributed by atoms with Gasteiger partial charge in [-0.3, -0.25) is 9.69 Å². The first-order chi connectivity index (χ1) is 11.2. The lowest BCUT2D eigenvalue weighted by Gasteiger charge is -2.40. The Bertz CT molecular complexity index is 627. The van der Waals surface area contributed by atoms with Gasteiger partial charge in [0.1, 0.15) is 5.69 Å². The van der Waals surface area contributed by atoms with Crippen LogP contribution in [0, 0.1) is 0 Å². The number of hydrogen-bond donors (Lipinski definition) is 1. The summed E-state index contributed by atoms with van der Waals surface area (Å²) in [5.41, 5.74) is 1.83. The molecule has 0 saturated carbocycles. The van der Waals surface area contributed by atoms with Crippen molar-refractivity contribution in [3.63, 3.8) is 0 Å². The minimum Gasteiger partial charge on any atom is -0.373 e. The van der Waals surface area contributed by atoms with Crippen molar-refractivity contribution >= 4 is 5.91 Å². The zero-order chi connectivity index (χ0) is 16.2. The molecule has 2 atom stereocenters. The van der Waals surface area contributed by atoms with Crippen molar-refractivity contribution in [3.05, 3.63) is 59.9 Å². The van der Waals surface area contributed by atoms with Crippen LogP contribution in [-0.4, -0.2) is 60.6 Å². The number of benzene rings is 1. The molecule has 5 nitrogen and oxygen atoms in total. The van der Waals surface area contributed by atoms with Gasteiger partial charge in [-0.25, -0.2) is 0 Å². The normalized spacial score (nSPS) is 22.0. The summed E-state index contributed by atoms with van der Waals surface area (Å²) >= 11 is 0. The molecule has 0 radical (unpaired) electrons. The quantitative estimate of drug-likeness (QED) is 0.941. The Labute approximate surface area is 136 Å². The Morgan fingerprint density at radius 2 is 2.09 bits per heavy atom. The van der Waals surface area contributed by atoms with Crippen LogP contribution in [0.25, 0.3) is 0 Å². The predicted molar refractivity (Wildman–Crippen MR) is 89.3 cm³/mol. The van der Waals surface area contributed by atoms with Gasteiger partial charge in [-0.05, 0) is 24.7 Å². The van der Waals surface area contributed by atoms with Crippen molar-refractivity contribution in [1.82, 2.24) is 14.8 Å². The Hall–Kier alpha value is -2.11. The molecule has 2 aromatic rings. The number of H-pyrrole nitrogens is 1. The largest absolute Gasteiger partial charge is 0.373 e. The highest BCUT2D eigenvalue weighted by molar-refractivity contribution is 5.92. The molecule has 1 fully saturated rings. The summed E-state index contributed by atoms with van der Waals surface area (Å²) in [7, 11) is 3.93. The van der Waals surface area contributed by atoms with Crippen LogP contribution in [0.4, 0.5) is 0 Å². The van der Waals surface area contributed by atoms with E-state index in [0.29, 0.717) is 18.8 Å². The molecule has 5 heteroatoms. The monoisotopic (exact) mass is 313 g/mol. The Balaban J connectivity index is 1.75. The standard InChI is InChI=1S/C18H23N3O2/c1-20-11-12-23-16(17(20)14-7-4-3-5-8-14)13-21(2)18(22)15-9-6-10-19-15/h3-10,16-17,19H,11-13H2,1-2H3/t16-,17-/m0/s1. The van der Waals surface area contributed by atoms with Gasteiger partial charge in [-0.15, -0.1) is 0 Å². The van der Waals surface area contributed by atoms with E-state index in [0.717, 1.165) is 6.54 Å². The molecule has 3 rings (SSSR count). The second-order valence-corrected chi connectivity index (χ2v) is 6.01. The third-order valence-corrected chi connectivity index (χ3v) is 4.37. The van der Waals surface area contributed by atoms with E-state index >= 15 is 0 Å². The number of rotatable bonds is 4. The maximum absolute atomic E-state index is 12.4. The van der Waals surface area contributed by atoms with Crippen LogP contribution < -0.4 is 0 Å². The first kappa shape index (κ1) is 15.8. The zero-order valence-electron chi connectivity index (χ0n) is 13.6. The molecule has 0 aliphatic carbocycles. The number of nitrogens with one attached hydrogen (secondary N) is 1. The van der Waals surface area contributed by atoms with Gasteiger partial charge in [-0.1, -0.05) is 30.3 Å². The van der Waals surface area contributed by atoms with E-state index < -0.39 is 0 Å². The summed E-state index contributed by atoms with van der Waals surface area (Å²) in [6.45, 7) is 2.14. The lowest BCUT2D eigenvalue weighted by Crippen LogP contribution is -2.48. The van der Waals surface area contributed by atoms with Gasteiger partial charge >= 0.3 is 0 Å². The van der Waals surface area contributed by atoms with Crippen molar-refractivity contribution in [1.29, 1.82) is 0 Å². The summed E-state index contributed by atoms with van der Waals surface area (Å²) in [6, 6.07) is 14.1. The molecule has 1 amide bonds. The molecule has 2 heterocycles. The van der Waals surface area contributed by atoms with E-state index in [1.165, 1.54) is 5.56 Å². The first-order valence-corrected chi connectivity index (χ1v) is 7.92. The second-order valence-electron chi connectivity index (χ2n) is 6.01. The van der Waals surface area contributed by atoms with Crippen molar-refractivity contribution < 1.29 is 9.53 Å². The SMILES string of the molecule is CN(C[C@@H]1OCCN(C)[C@H]1c1ccccc1)C(=O)c1ccc[nH]1. The van der Waals surface area contributed by atoms with Crippen molar-refractivity contribution in [2.45, 2.75) is 12.1 Å². The predicted octanol–water partition coefficient (Wildman–Crippen LogP) is 2.16. The van der Waals surface area contributed by atoms with Crippen LogP contribution >= 0.6 is 0 Å². The fraction of sp³-hybridized carbons (Fsp3) is 0.389. The molecule has 1 aromatic carbocycles. The van der Waals surface area contributed by atoms with Crippen molar-refractivity contribution in [3.8, 4) is 0 Å². The fourth-order valence-corrected chi connectivity index (χ4v) is 3.16. The van der Waals surface area contributed by atoms with Gasteiger partial charge in [0, 0.05) is 26.3 Å². The smallest absolute Gasteiger partial charge is 0.270 e. The zero-order valence-corrected chi connectivity index (χ0v) is 13.6. The number of nitrogens with zero attached hydrogens (tertiary/aromatic N) is 2. The highest BCUT2D eigenvalue weighted by Crippen LogP contribution is 2.28. The van der Waals surface area contributed by atoms with Gasteiger partial charge in [0.25, 0.3) is 5.91 Å². The number of hydrogen-bond acceptors (Lipinski definition) is 3. The van der Waals surface area contributed by atoms with E-state index in [-0.39, 0.29) is 18.1 Å². The number of aromatic nitrogens is 1. The molecule has 0 spiro atoms. The lowest BCUT2D eigenvalue weighted by molar-refractivity contribution is -0.0708. The lowest BCUT2D eigenvalue weighted by atomic mass is 9.98. The Morgan fingerprint density at radius 3 is 2.78 bits per heavy atom. The number of likely N-dealkylation sites (N-methyl/N-ethyl adjacent to an activating group) is 2. The number of ether oxygens (including phenoxy) is 1. The van der Waals surface area contributed by atoms with E-state index in [4.69, 9.17) is 4.74 Å². The van der Waals surface area contributed by atoms with Gasteiger partial charge in [-0.2, -0.15) is 0 Å². The highest BCUT2D eigenvalue weighted by Gasteiger charge is 2.33. The van der Waals surface area contributed by atoms with Crippen LogP contribution in [0.3, 0.4) is 0 Å². The molecule has 122 valence electrons. The summed E-state index contributed by atoms with van der Waals surface area (Å²) in [5, 5.41) is 0. The number of morpholine rings is 1. The van der Waals surface area contributed by atoms with E-state index in [1.807, 2.05) is 31.3 Å². The molecule has 1 N–H and O–H groups in total. The molecule has 1 aromatic heterocycles. The van der Waals surface area contributed by atoms with E-state index in [1.54, 1.807) is 17.2 Å². The van der Waals surface area contributed by atoms with Crippen molar-refractivity contribution in [2.24, 2.45) is 0 Å². The molecule has 0 unspecified atom stereocenters. The maximum Gasteiger partial charge on any atom is 0.270 e. The van der Waals surface area contributed by atoms with Gasteiger partial charge < -0.3 is 14.6 Å². The van der Waals surface area contributed by atoms with E-state index in [2.05, 4.69) is 29.1 Å². The van der Waals surface area contributed by atoms with Gasteiger partial charge in [0.15, 0.2) is 0 Å². The van der Waals surface area contributed by atoms with Gasteiger partial charge in [0.05, 0.1) is 18.8 Å². The molecule has 0 bridgehead atoms. The van der Waals surface area contributed by atoms with Crippen LogP contribution in [0.15, 0.2) is 48.7 Å². The van der Waals surface area contributed by atoms with Crippen molar-refractivity contribution in [2.75, 3.05) is 33.8 Å². The summed E-state index contributed by atoms with van der Waals surface area (Å²) in [6.07, 6.45) is 1.72. The Kier molecular flexibility index (Phi) is 4.79. The molecule has 1 aliphatic heterocycles. The minimum atomic E-state index is -0.0416. The molecular weight excluding hydrogens is 290 g/mol. The number of amides is 1. The van der Waals surface area contributed by atoms with Crippen LogP contribution in [0.1, 0.15) is 22.1 Å². The number of aromatic amines is 1. The minimum absolute atomic E-state index is 0.0151. The third-order valence-electron chi connectivity index (χ3n) is 4.37. The van der Waals surface area contributed by atoms with Crippen LogP contribution in [0.5, 0.6) is 0 Å². The molecule has 1 saturated heterocycles. The second kappa shape index (κ2) is 6.98. The Morgan fingerprint density at radius 1 is 1.30 bits per heavy atom. The van der Waals surface area contributed by atoms with Crippen LogP contribution in [0.2, 0.25) is 0 Å². The van der Waals surface area contributed by atoms with Crippen LogP contribution in [-0.2, 0) is 4.74 Å². The average molecular weight is 313 g/mol.